The van der Waals surface area contributed by atoms with Gasteiger partial charge in [-0.25, -0.2) is 0 Å². The van der Waals surface area contributed by atoms with Gasteiger partial charge in [0.25, 0.3) is 0 Å². The van der Waals surface area contributed by atoms with Gasteiger partial charge in [0.2, 0.25) is 0 Å². The highest BCUT2D eigenvalue weighted by molar-refractivity contribution is 5.75. The molecule has 3 unspecified atom stereocenters. The van der Waals surface area contributed by atoms with Gasteiger partial charge in [-0.3, -0.25) is 4.79 Å². The summed E-state index contributed by atoms with van der Waals surface area (Å²) in [5.41, 5.74) is 0. The summed E-state index contributed by atoms with van der Waals surface area (Å²) in [6.45, 7) is 0. The Kier molecular flexibility index (Phi) is 2.54. The second kappa shape index (κ2) is 3.66. The number of piperidine rings is 1. The first-order chi connectivity index (χ1) is 6.31. The minimum absolute atomic E-state index is 0.0376. The first-order valence-electron chi connectivity index (χ1n) is 5.15. The van der Waals surface area contributed by atoms with Gasteiger partial charge >= 0.3 is 5.97 Å². The van der Waals surface area contributed by atoms with Crippen molar-refractivity contribution < 1.29 is 9.53 Å². The second-order valence-electron chi connectivity index (χ2n) is 4.12. The van der Waals surface area contributed by atoms with Gasteiger partial charge in [-0.05, 0) is 31.6 Å². The minimum Gasteiger partial charge on any atom is -0.468 e. The average Bonchev–Trinajstić information content (AvgIpc) is 2.63. The largest absolute Gasteiger partial charge is 0.468 e. The zero-order valence-electron chi connectivity index (χ0n) is 8.08. The molecule has 1 heterocycles. The molecule has 2 fully saturated rings. The Morgan fingerprint density at radius 2 is 2.15 bits per heavy atom. The fourth-order valence-corrected chi connectivity index (χ4v) is 2.65. The maximum Gasteiger partial charge on any atom is 0.322 e. The molecule has 3 heteroatoms. The molecule has 1 saturated heterocycles. The van der Waals surface area contributed by atoms with Crippen LogP contribution in [-0.2, 0) is 9.53 Å². The molecular formula is C10H17NO2. The van der Waals surface area contributed by atoms with E-state index >= 15 is 0 Å². The van der Waals surface area contributed by atoms with E-state index in [1.54, 1.807) is 0 Å². The van der Waals surface area contributed by atoms with E-state index in [9.17, 15) is 4.79 Å². The summed E-state index contributed by atoms with van der Waals surface area (Å²) < 4.78 is 4.74. The number of rotatable bonds is 1. The summed E-state index contributed by atoms with van der Waals surface area (Å²) >= 11 is 0. The summed E-state index contributed by atoms with van der Waals surface area (Å²) in [5.74, 6) is 0.728. The van der Waals surface area contributed by atoms with Crippen LogP contribution in [0.15, 0.2) is 0 Å². The van der Waals surface area contributed by atoms with E-state index < -0.39 is 0 Å². The van der Waals surface area contributed by atoms with Crippen molar-refractivity contribution in [2.24, 2.45) is 5.92 Å². The molecule has 0 amide bonds. The molecule has 0 aromatic rings. The van der Waals surface area contributed by atoms with Crippen LogP contribution in [0.1, 0.15) is 32.1 Å². The molecule has 0 spiro atoms. The standard InChI is InChI=1S/C10H17NO2/c1-13-10(12)9-6-5-7-3-2-4-8(7)11-9/h7-9,11H,2-6H2,1H3. The Hall–Kier alpha value is -0.570. The number of fused-ring (bicyclic) bond motifs is 1. The lowest BCUT2D eigenvalue weighted by Crippen LogP contribution is -2.49. The molecule has 2 aliphatic rings. The smallest absolute Gasteiger partial charge is 0.322 e. The number of nitrogens with one attached hydrogen (secondary N) is 1. The maximum absolute atomic E-state index is 11.3. The molecular weight excluding hydrogens is 166 g/mol. The van der Waals surface area contributed by atoms with Crippen molar-refractivity contribution in [2.75, 3.05) is 7.11 Å². The van der Waals surface area contributed by atoms with Crippen molar-refractivity contribution in [1.82, 2.24) is 5.32 Å². The van der Waals surface area contributed by atoms with Crippen LogP contribution in [0.3, 0.4) is 0 Å². The highest BCUT2D eigenvalue weighted by Gasteiger charge is 2.36. The molecule has 3 atom stereocenters. The zero-order valence-corrected chi connectivity index (χ0v) is 8.08. The molecule has 0 radical (unpaired) electrons. The van der Waals surface area contributed by atoms with Gasteiger partial charge < -0.3 is 10.1 Å². The van der Waals surface area contributed by atoms with E-state index in [1.807, 2.05) is 0 Å². The van der Waals surface area contributed by atoms with Crippen molar-refractivity contribution in [3.05, 3.63) is 0 Å². The van der Waals surface area contributed by atoms with Crippen molar-refractivity contribution in [3.8, 4) is 0 Å². The molecule has 1 saturated carbocycles. The molecule has 74 valence electrons. The van der Waals surface area contributed by atoms with Gasteiger partial charge in [-0.1, -0.05) is 6.42 Å². The van der Waals surface area contributed by atoms with Crippen molar-refractivity contribution in [2.45, 2.75) is 44.2 Å². The lowest BCUT2D eigenvalue weighted by atomic mass is 9.90. The Bertz CT molecular complexity index is 205. The van der Waals surface area contributed by atoms with Crippen LogP contribution in [0.4, 0.5) is 0 Å². The summed E-state index contributed by atoms with van der Waals surface area (Å²) in [7, 11) is 1.46. The third-order valence-electron chi connectivity index (χ3n) is 3.39. The van der Waals surface area contributed by atoms with Crippen LogP contribution in [0, 0.1) is 5.92 Å². The maximum atomic E-state index is 11.3. The molecule has 1 aliphatic carbocycles. The third kappa shape index (κ3) is 1.70. The molecule has 3 nitrogen and oxygen atoms in total. The highest BCUT2D eigenvalue weighted by atomic mass is 16.5. The molecule has 1 aliphatic heterocycles. The predicted molar refractivity (Wildman–Crippen MR) is 49.3 cm³/mol. The molecule has 0 bridgehead atoms. The number of hydrogen-bond donors (Lipinski definition) is 1. The Morgan fingerprint density at radius 1 is 1.31 bits per heavy atom. The van der Waals surface area contributed by atoms with Crippen LogP contribution < -0.4 is 5.32 Å². The highest BCUT2D eigenvalue weighted by Crippen LogP contribution is 2.33. The molecule has 1 N–H and O–H groups in total. The Morgan fingerprint density at radius 3 is 2.92 bits per heavy atom. The van der Waals surface area contributed by atoms with Gasteiger partial charge in [0.15, 0.2) is 0 Å². The van der Waals surface area contributed by atoms with E-state index in [1.165, 1.54) is 32.8 Å². The van der Waals surface area contributed by atoms with Crippen molar-refractivity contribution in [1.29, 1.82) is 0 Å². The number of ether oxygens (including phenoxy) is 1. The monoisotopic (exact) mass is 183 g/mol. The van der Waals surface area contributed by atoms with Gasteiger partial charge in [0.1, 0.15) is 6.04 Å². The number of carbonyl (C=O) groups excluding carboxylic acids is 1. The van der Waals surface area contributed by atoms with Crippen LogP contribution in [0.25, 0.3) is 0 Å². The second-order valence-corrected chi connectivity index (χ2v) is 4.12. The number of carbonyl (C=O) groups is 1. The molecule has 13 heavy (non-hydrogen) atoms. The summed E-state index contributed by atoms with van der Waals surface area (Å²) in [6, 6.07) is 0.544. The quantitative estimate of drug-likeness (QED) is 0.618. The van der Waals surface area contributed by atoms with Crippen LogP contribution in [0.5, 0.6) is 0 Å². The van der Waals surface area contributed by atoms with E-state index in [-0.39, 0.29) is 12.0 Å². The normalized spacial score (nSPS) is 38.4. The Balaban J connectivity index is 1.93. The number of esters is 1. The van der Waals surface area contributed by atoms with E-state index in [0.29, 0.717) is 6.04 Å². The van der Waals surface area contributed by atoms with E-state index in [2.05, 4.69) is 5.32 Å². The number of hydrogen-bond acceptors (Lipinski definition) is 3. The Labute approximate surface area is 78.8 Å². The summed E-state index contributed by atoms with van der Waals surface area (Å²) in [5, 5.41) is 3.39. The van der Waals surface area contributed by atoms with Crippen LogP contribution in [0.2, 0.25) is 0 Å². The zero-order chi connectivity index (χ0) is 9.26. The SMILES string of the molecule is COC(=O)C1CCC2CCCC2N1. The minimum atomic E-state index is -0.0923. The fraction of sp³-hybridized carbons (Fsp3) is 0.900. The van der Waals surface area contributed by atoms with Gasteiger partial charge in [0.05, 0.1) is 7.11 Å². The van der Waals surface area contributed by atoms with Crippen LogP contribution >= 0.6 is 0 Å². The van der Waals surface area contributed by atoms with Crippen molar-refractivity contribution >= 4 is 5.97 Å². The first-order valence-corrected chi connectivity index (χ1v) is 5.15. The van der Waals surface area contributed by atoms with Crippen LogP contribution in [-0.4, -0.2) is 25.2 Å². The summed E-state index contributed by atoms with van der Waals surface area (Å²) in [6.07, 6.45) is 6.03. The molecule has 0 aromatic heterocycles. The average molecular weight is 183 g/mol. The van der Waals surface area contributed by atoms with Crippen molar-refractivity contribution in [3.63, 3.8) is 0 Å². The number of methoxy groups -OCH3 is 1. The van der Waals surface area contributed by atoms with Gasteiger partial charge in [-0.15, -0.1) is 0 Å². The predicted octanol–water partition coefficient (Wildman–Crippen LogP) is 1.08. The lowest BCUT2D eigenvalue weighted by Gasteiger charge is -2.31. The topological polar surface area (TPSA) is 38.3 Å². The molecule has 2 rings (SSSR count). The van der Waals surface area contributed by atoms with E-state index in [4.69, 9.17) is 4.74 Å². The fourth-order valence-electron chi connectivity index (χ4n) is 2.65. The van der Waals surface area contributed by atoms with E-state index in [0.717, 1.165) is 12.3 Å². The summed E-state index contributed by atoms with van der Waals surface area (Å²) in [4.78, 5) is 11.3. The third-order valence-corrected chi connectivity index (χ3v) is 3.39. The van der Waals surface area contributed by atoms with Gasteiger partial charge in [0, 0.05) is 6.04 Å². The van der Waals surface area contributed by atoms with Gasteiger partial charge in [-0.2, -0.15) is 0 Å². The lowest BCUT2D eigenvalue weighted by molar-refractivity contribution is -0.144. The molecule has 0 aromatic carbocycles. The first kappa shape index (κ1) is 9.00.